The van der Waals surface area contributed by atoms with E-state index in [1.807, 2.05) is 11.6 Å². The van der Waals surface area contributed by atoms with Gasteiger partial charge in [0.2, 0.25) is 5.95 Å². The molecule has 1 aliphatic carbocycles. The first-order valence-corrected chi connectivity index (χ1v) is 7.74. The Morgan fingerprint density at radius 2 is 2.00 bits per heavy atom. The average Bonchev–Trinajstić information content (AvgIpc) is 3.07. The molecule has 0 atom stereocenters. The Morgan fingerprint density at radius 1 is 1.29 bits per heavy atom. The second kappa shape index (κ2) is 5.50. The molecule has 1 aliphatic rings. The van der Waals surface area contributed by atoms with Crippen LogP contribution in [-0.2, 0) is 7.05 Å². The van der Waals surface area contributed by atoms with Crippen molar-refractivity contribution >= 4 is 22.9 Å². The number of imidazole rings is 1. The maximum absolute atomic E-state index is 4.78. The van der Waals surface area contributed by atoms with E-state index >= 15 is 0 Å². The molecule has 3 rings (SSSR count). The summed E-state index contributed by atoms with van der Waals surface area (Å²) in [6.07, 6.45) is 6.67. The van der Waals surface area contributed by atoms with Gasteiger partial charge in [-0.2, -0.15) is 0 Å². The van der Waals surface area contributed by atoms with Gasteiger partial charge < -0.3 is 10.2 Å². The first-order valence-electron chi connectivity index (χ1n) is 7.74. The molecule has 0 amide bonds. The number of fused-ring (bicyclic) bond motifs is 1. The summed E-state index contributed by atoms with van der Waals surface area (Å²) < 4.78 is 2.04. The van der Waals surface area contributed by atoms with E-state index in [2.05, 4.69) is 41.1 Å². The fourth-order valence-electron chi connectivity index (χ4n) is 2.90. The number of anilines is 2. The third-order valence-electron chi connectivity index (χ3n) is 4.42. The largest absolute Gasteiger partial charge is 0.365 e. The summed E-state index contributed by atoms with van der Waals surface area (Å²) in [7, 11) is 4.07. The van der Waals surface area contributed by atoms with Gasteiger partial charge in [0.1, 0.15) is 6.33 Å². The van der Waals surface area contributed by atoms with Gasteiger partial charge in [-0.3, -0.25) is 4.57 Å². The molecule has 0 saturated heterocycles. The SMILES string of the molecule is CC(C)N(C)c1nc2c(NC3CCCC3)ncnc2n1C. The van der Waals surface area contributed by atoms with Crippen molar-refractivity contribution in [3.05, 3.63) is 6.33 Å². The van der Waals surface area contributed by atoms with E-state index in [4.69, 9.17) is 4.98 Å². The zero-order chi connectivity index (χ0) is 15.0. The van der Waals surface area contributed by atoms with Gasteiger partial charge in [0.25, 0.3) is 0 Å². The Kier molecular flexibility index (Phi) is 3.69. The van der Waals surface area contributed by atoms with Crippen molar-refractivity contribution in [2.75, 3.05) is 17.3 Å². The van der Waals surface area contributed by atoms with E-state index < -0.39 is 0 Å². The summed E-state index contributed by atoms with van der Waals surface area (Å²) >= 11 is 0. The molecule has 2 heterocycles. The van der Waals surface area contributed by atoms with Crippen LogP contribution in [0.3, 0.4) is 0 Å². The van der Waals surface area contributed by atoms with E-state index in [0.717, 1.165) is 22.9 Å². The second-order valence-corrected chi connectivity index (χ2v) is 6.20. The summed E-state index contributed by atoms with van der Waals surface area (Å²) in [5.74, 6) is 1.79. The maximum Gasteiger partial charge on any atom is 0.207 e. The van der Waals surface area contributed by atoms with Crippen LogP contribution in [0.4, 0.5) is 11.8 Å². The van der Waals surface area contributed by atoms with Gasteiger partial charge in [0.05, 0.1) is 0 Å². The molecule has 2 aromatic heterocycles. The lowest BCUT2D eigenvalue weighted by atomic mass is 10.2. The summed E-state index contributed by atoms with van der Waals surface area (Å²) in [5, 5.41) is 3.55. The predicted octanol–water partition coefficient (Wildman–Crippen LogP) is 2.56. The van der Waals surface area contributed by atoms with Gasteiger partial charge in [0.15, 0.2) is 17.0 Å². The molecule has 1 N–H and O–H groups in total. The summed E-state index contributed by atoms with van der Waals surface area (Å²) in [6, 6.07) is 0.913. The van der Waals surface area contributed by atoms with Crippen molar-refractivity contribution < 1.29 is 0 Å². The normalized spacial score (nSPS) is 16.0. The highest BCUT2D eigenvalue weighted by atomic mass is 15.3. The molecule has 114 valence electrons. The minimum atomic E-state index is 0.389. The predicted molar refractivity (Wildman–Crippen MR) is 85.7 cm³/mol. The van der Waals surface area contributed by atoms with Crippen LogP contribution in [0.25, 0.3) is 11.2 Å². The maximum atomic E-state index is 4.78. The van der Waals surface area contributed by atoms with Crippen LogP contribution in [0.15, 0.2) is 6.33 Å². The summed E-state index contributed by atoms with van der Waals surface area (Å²) in [6.45, 7) is 4.31. The molecule has 0 unspecified atom stereocenters. The van der Waals surface area contributed by atoms with Crippen LogP contribution < -0.4 is 10.2 Å². The second-order valence-electron chi connectivity index (χ2n) is 6.20. The zero-order valence-electron chi connectivity index (χ0n) is 13.3. The van der Waals surface area contributed by atoms with Crippen LogP contribution in [0.5, 0.6) is 0 Å². The van der Waals surface area contributed by atoms with Crippen LogP contribution in [0, 0.1) is 0 Å². The Hall–Kier alpha value is -1.85. The number of nitrogens with zero attached hydrogens (tertiary/aromatic N) is 5. The molecule has 0 bridgehead atoms. The van der Waals surface area contributed by atoms with E-state index in [-0.39, 0.29) is 0 Å². The number of rotatable bonds is 4. The smallest absolute Gasteiger partial charge is 0.207 e. The molecule has 6 heteroatoms. The van der Waals surface area contributed by atoms with Gasteiger partial charge in [-0.25, -0.2) is 15.0 Å². The number of hydrogen-bond acceptors (Lipinski definition) is 5. The topological polar surface area (TPSA) is 58.9 Å². The van der Waals surface area contributed by atoms with E-state index in [0.29, 0.717) is 12.1 Å². The number of hydrogen-bond donors (Lipinski definition) is 1. The standard InChI is InChI=1S/C15H24N6/c1-10(2)20(3)15-19-12-13(18-11-7-5-6-8-11)16-9-17-14(12)21(15)4/h9-11H,5-8H2,1-4H3,(H,16,17,18). The Bertz CT molecular complexity index is 626. The molecule has 1 saturated carbocycles. The van der Waals surface area contributed by atoms with E-state index in [1.165, 1.54) is 25.7 Å². The molecule has 0 radical (unpaired) electrons. The first kappa shape index (κ1) is 14.1. The lowest BCUT2D eigenvalue weighted by Gasteiger charge is -2.22. The van der Waals surface area contributed by atoms with Gasteiger partial charge in [-0.05, 0) is 26.7 Å². The Labute approximate surface area is 125 Å². The Morgan fingerprint density at radius 3 is 2.67 bits per heavy atom. The summed E-state index contributed by atoms with van der Waals surface area (Å²) in [4.78, 5) is 15.7. The minimum absolute atomic E-state index is 0.389. The molecule has 0 spiro atoms. The molecule has 21 heavy (non-hydrogen) atoms. The quantitative estimate of drug-likeness (QED) is 0.937. The molecule has 2 aromatic rings. The first-order chi connectivity index (χ1) is 10.1. The van der Waals surface area contributed by atoms with E-state index in [1.54, 1.807) is 6.33 Å². The van der Waals surface area contributed by atoms with Crippen LogP contribution in [0.2, 0.25) is 0 Å². The monoisotopic (exact) mass is 288 g/mol. The lowest BCUT2D eigenvalue weighted by molar-refractivity contribution is 0.710. The van der Waals surface area contributed by atoms with Crippen molar-refractivity contribution in [3.63, 3.8) is 0 Å². The third kappa shape index (κ3) is 2.54. The molecular weight excluding hydrogens is 264 g/mol. The van der Waals surface area contributed by atoms with Crippen molar-refractivity contribution in [2.45, 2.75) is 51.6 Å². The molecule has 6 nitrogen and oxygen atoms in total. The van der Waals surface area contributed by atoms with Crippen LogP contribution >= 0.6 is 0 Å². The summed E-state index contributed by atoms with van der Waals surface area (Å²) in [5.41, 5.74) is 1.75. The van der Waals surface area contributed by atoms with Crippen molar-refractivity contribution in [1.29, 1.82) is 0 Å². The van der Waals surface area contributed by atoms with Crippen molar-refractivity contribution in [1.82, 2.24) is 19.5 Å². The Balaban J connectivity index is 2.00. The minimum Gasteiger partial charge on any atom is -0.365 e. The fraction of sp³-hybridized carbons (Fsp3) is 0.667. The van der Waals surface area contributed by atoms with Crippen LogP contribution in [-0.4, -0.2) is 38.7 Å². The van der Waals surface area contributed by atoms with Crippen molar-refractivity contribution in [2.24, 2.45) is 7.05 Å². The van der Waals surface area contributed by atoms with Gasteiger partial charge in [-0.1, -0.05) is 12.8 Å². The van der Waals surface area contributed by atoms with E-state index in [9.17, 15) is 0 Å². The average molecular weight is 288 g/mol. The number of aromatic nitrogens is 4. The van der Waals surface area contributed by atoms with Gasteiger partial charge in [-0.15, -0.1) is 0 Å². The molecule has 0 aromatic carbocycles. The number of nitrogens with one attached hydrogen (secondary N) is 1. The zero-order valence-corrected chi connectivity index (χ0v) is 13.3. The van der Waals surface area contributed by atoms with Crippen LogP contribution in [0.1, 0.15) is 39.5 Å². The molecule has 1 fully saturated rings. The molecule has 0 aliphatic heterocycles. The highest BCUT2D eigenvalue weighted by Gasteiger charge is 2.20. The highest BCUT2D eigenvalue weighted by molar-refractivity contribution is 5.85. The number of aryl methyl sites for hydroxylation is 1. The van der Waals surface area contributed by atoms with Gasteiger partial charge >= 0.3 is 0 Å². The lowest BCUT2D eigenvalue weighted by Crippen LogP contribution is -2.28. The third-order valence-corrected chi connectivity index (χ3v) is 4.42. The molecular formula is C15H24N6. The van der Waals surface area contributed by atoms with Crippen molar-refractivity contribution in [3.8, 4) is 0 Å². The highest BCUT2D eigenvalue weighted by Crippen LogP contribution is 2.27. The fourth-order valence-corrected chi connectivity index (χ4v) is 2.90. The van der Waals surface area contributed by atoms with Gasteiger partial charge in [0, 0.05) is 26.2 Å².